The third kappa shape index (κ3) is 4.88. The molecule has 212 valence electrons. The van der Waals surface area contributed by atoms with E-state index in [9.17, 15) is 9.59 Å². The number of carbonyl (C=O) groups is 1. The number of rotatable bonds is 6. The van der Waals surface area contributed by atoms with Gasteiger partial charge in [-0.1, -0.05) is 65.4 Å². The minimum atomic E-state index is -0.695. The number of allylic oxidation sites excluding steroid dienone is 1. The Balaban J connectivity index is 1.60. The number of aryl methyl sites for hydroxylation is 1. The highest BCUT2D eigenvalue weighted by Crippen LogP contribution is 2.33. The van der Waals surface area contributed by atoms with Crippen LogP contribution in [-0.4, -0.2) is 28.7 Å². The Kier molecular flexibility index (Phi) is 7.16. The number of ether oxygens (including phenoxy) is 2. The Labute approximate surface area is 247 Å². The molecule has 2 aromatic heterocycles. The maximum Gasteiger partial charge on any atom is 0.338 e. The molecule has 0 fully saturated rings. The molecule has 8 heteroatoms. The number of carbonyl (C=O) groups excluding carboxylic acids is 1. The monoisotopic (exact) mass is 577 g/mol. The van der Waals surface area contributed by atoms with Crippen molar-refractivity contribution >= 4 is 34.3 Å². The summed E-state index contributed by atoms with van der Waals surface area (Å²) < 4.78 is 13.1. The lowest BCUT2D eigenvalue weighted by atomic mass is 9.96. The Morgan fingerprint density at radius 1 is 1.05 bits per heavy atom. The Morgan fingerprint density at radius 3 is 2.48 bits per heavy atom. The lowest BCUT2D eigenvalue weighted by Crippen LogP contribution is -2.40. The Bertz CT molecular complexity index is 2030. The molecule has 0 radical (unpaired) electrons. The quantitative estimate of drug-likeness (QED) is 0.264. The normalized spacial score (nSPS) is 15.2. The fraction of sp³-hybridized carbons (Fsp3) is 0.206. The molecule has 0 aliphatic carbocycles. The zero-order chi connectivity index (χ0) is 29.5. The van der Waals surface area contributed by atoms with E-state index in [-0.39, 0.29) is 11.7 Å². The molecule has 1 N–H and O–H groups in total. The van der Waals surface area contributed by atoms with Gasteiger partial charge in [0, 0.05) is 16.5 Å². The molecule has 1 aliphatic heterocycles. The van der Waals surface area contributed by atoms with E-state index in [0.29, 0.717) is 26.4 Å². The van der Waals surface area contributed by atoms with Crippen LogP contribution in [0.15, 0.2) is 93.9 Å². The van der Waals surface area contributed by atoms with Gasteiger partial charge in [-0.15, -0.1) is 0 Å². The van der Waals surface area contributed by atoms with Crippen molar-refractivity contribution in [1.82, 2.24) is 9.55 Å². The molecule has 3 heterocycles. The highest BCUT2D eigenvalue weighted by molar-refractivity contribution is 7.07. The van der Waals surface area contributed by atoms with Gasteiger partial charge in [0.15, 0.2) is 4.80 Å². The number of nitrogens with zero attached hydrogens (tertiary/aromatic N) is 2. The lowest BCUT2D eigenvalue weighted by Gasteiger charge is -2.25. The molecule has 1 atom stereocenters. The van der Waals surface area contributed by atoms with Crippen LogP contribution < -0.4 is 19.6 Å². The first-order valence-electron chi connectivity index (χ1n) is 13.8. The standard InChI is InChI=1S/C34H31N3O4S/c1-19(2)41-33(39)29-21(4)35-34-37(31(29)23-12-14-24(40-5)15-13-23)32(38)28(42-34)18-26-25-17-20(3)11-16-27(25)36-30(26)22-9-7-6-8-10-22/h6-19,31,36H,1-5H3/b28-18+/t31-/m1/s1. The van der Waals surface area contributed by atoms with Crippen LogP contribution in [0, 0.1) is 6.92 Å². The minimum Gasteiger partial charge on any atom is -0.497 e. The number of nitrogens with one attached hydrogen (secondary N) is 1. The molecule has 0 saturated carbocycles. The molecular formula is C34H31N3O4S. The van der Waals surface area contributed by atoms with Gasteiger partial charge in [0.2, 0.25) is 0 Å². The van der Waals surface area contributed by atoms with Crippen molar-refractivity contribution in [3.63, 3.8) is 0 Å². The summed E-state index contributed by atoms with van der Waals surface area (Å²) in [5.41, 5.74) is 6.43. The number of aromatic nitrogens is 2. The van der Waals surface area contributed by atoms with Crippen LogP contribution in [-0.2, 0) is 9.53 Å². The number of H-pyrrole nitrogens is 1. The van der Waals surface area contributed by atoms with Crippen molar-refractivity contribution in [1.29, 1.82) is 0 Å². The van der Waals surface area contributed by atoms with Gasteiger partial charge in [-0.25, -0.2) is 9.79 Å². The van der Waals surface area contributed by atoms with E-state index in [1.165, 1.54) is 11.3 Å². The number of esters is 1. The fourth-order valence-electron chi connectivity index (χ4n) is 5.40. The highest BCUT2D eigenvalue weighted by atomic mass is 32.1. The molecule has 0 unspecified atom stereocenters. The molecule has 6 rings (SSSR count). The number of thiazole rings is 1. The molecule has 3 aromatic carbocycles. The number of methoxy groups -OCH3 is 1. The number of fused-ring (bicyclic) bond motifs is 2. The second kappa shape index (κ2) is 10.9. The van der Waals surface area contributed by atoms with Crippen LogP contribution >= 0.6 is 11.3 Å². The first kappa shape index (κ1) is 27.5. The number of hydrogen-bond acceptors (Lipinski definition) is 6. The summed E-state index contributed by atoms with van der Waals surface area (Å²) in [4.78, 5) is 36.5. The Hall–Kier alpha value is -4.69. The summed E-state index contributed by atoms with van der Waals surface area (Å²) in [6, 6.07) is 23.1. The molecule has 1 aliphatic rings. The van der Waals surface area contributed by atoms with Crippen LogP contribution in [0.5, 0.6) is 5.75 Å². The van der Waals surface area contributed by atoms with Crippen LogP contribution in [0.1, 0.15) is 43.5 Å². The molecule has 0 bridgehead atoms. The molecule has 0 spiro atoms. The summed E-state index contributed by atoms with van der Waals surface area (Å²) in [6.45, 7) is 7.46. The van der Waals surface area contributed by atoms with Gasteiger partial charge in [0.1, 0.15) is 5.75 Å². The van der Waals surface area contributed by atoms with Crippen molar-refractivity contribution in [2.24, 2.45) is 4.99 Å². The molecule has 0 saturated heterocycles. The van der Waals surface area contributed by atoms with Gasteiger partial charge in [-0.05, 0) is 69.2 Å². The molecule has 0 amide bonds. The molecular weight excluding hydrogens is 546 g/mol. The number of aromatic amines is 1. The van der Waals surface area contributed by atoms with Gasteiger partial charge in [-0.2, -0.15) is 0 Å². The largest absolute Gasteiger partial charge is 0.497 e. The van der Waals surface area contributed by atoms with E-state index in [1.54, 1.807) is 32.4 Å². The number of benzene rings is 3. The second-order valence-electron chi connectivity index (χ2n) is 10.6. The maximum absolute atomic E-state index is 14.3. The highest BCUT2D eigenvalue weighted by Gasteiger charge is 2.34. The predicted octanol–water partition coefficient (Wildman–Crippen LogP) is 5.65. The summed E-state index contributed by atoms with van der Waals surface area (Å²) in [6.07, 6.45) is 1.63. The summed E-state index contributed by atoms with van der Waals surface area (Å²) >= 11 is 1.32. The zero-order valence-electron chi connectivity index (χ0n) is 24.1. The van der Waals surface area contributed by atoms with Gasteiger partial charge < -0.3 is 14.5 Å². The predicted molar refractivity (Wildman–Crippen MR) is 166 cm³/mol. The lowest BCUT2D eigenvalue weighted by molar-refractivity contribution is -0.143. The van der Waals surface area contributed by atoms with Gasteiger partial charge in [-0.3, -0.25) is 9.36 Å². The average Bonchev–Trinajstić information content (AvgIpc) is 3.48. The first-order chi connectivity index (χ1) is 20.2. The van der Waals surface area contributed by atoms with E-state index in [4.69, 9.17) is 14.5 Å². The van der Waals surface area contributed by atoms with Crippen LogP contribution in [0.3, 0.4) is 0 Å². The SMILES string of the molecule is COc1ccc([C@@H]2C(C(=O)OC(C)C)=C(C)N=c3s/c(=C/c4c(-c5ccccc5)[nH]c5ccc(C)cc45)c(=O)n32)cc1. The van der Waals surface area contributed by atoms with Gasteiger partial charge in [0.25, 0.3) is 5.56 Å². The third-order valence-electron chi connectivity index (χ3n) is 7.35. The van der Waals surface area contributed by atoms with Crippen molar-refractivity contribution < 1.29 is 14.3 Å². The van der Waals surface area contributed by atoms with Gasteiger partial charge in [0.05, 0.1) is 40.8 Å². The second-order valence-corrected chi connectivity index (χ2v) is 11.6. The van der Waals surface area contributed by atoms with E-state index >= 15 is 0 Å². The topological polar surface area (TPSA) is 85.7 Å². The first-order valence-corrected chi connectivity index (χ1v) is 14.6. The number of hydrogen-bond donors (Lipinski definition) is 1. The van der Waals surface area contributed by atoms with E-state index < -0.39 is 12.0 Å². The molecule has 42 heavy (non-hydrogen) atoms. The van der Waals surface area contributed by atoms with Crippen LogP contribution in [0.2, 0.25) is 0 Å². The maximum atomic E-state index is 14.3. The minimum absolute atomic E-state index is 0.220. The summed E-state index contributed by atoms with van der Waals surface area (Å²) in [5, 5.41) is 1.03. The van der Waals surface area contributed by atoms with E-state index in [2.05, 4.69) is 42.2 Å². The average molecular weight is 578 g/mol. The third-order valence-corrected chi connectivity index (χ3v) is 8.33. The summed E-state index contributed by atoms with van der Waals surface area (Å²) in [7, 11) is 1.60. The van der Waals surface area contributed by atoms with Crippen LogP contribution in [0.25, 0.3) is 28.2 Å². The fourth-order valence-corrected chi connectivity index (χ4v) is 6.43. The van der Waals surface area contributed by atoms with Crippen molar-refractivity contribution in [3.8, 4) is 17.0 Å². The van der Waals surface area contributed by atoms with E-state index in [0.717, 1.165) is 38.9 Å². The smallest absolute Gasteiger partial charge is 0.338 e. The van der Waals surface area contributed by atoms with E-state index in [1.807, 2.05) is 48.5 Å². The van der Waals surface area contributed by atoms with Gasteiger partial charge >= 0.3 is 5.97 Å². The summed E-state index contributed by atoms with van der Waals surface area (Å²) in [5.74, 6) is 0.195. The Morgan fingerprint density at radius 2 is 1.79 bits per heavy atom. The molecule has 5 aromatic rings. The zero-order valence-corrected chi connectivity index (χ0v) is 24.9. The van der Waals surface area contributed by atoms with Crippen molar-refractivity contribution in [2.45, 2.75) is 39.8 Å². The van der Waals surface area contributed by atoms with Crippen LogP contribution in [0.4, 0.5) is 0 Å². The van der Waals surface area contributed by atoms with Crippen molar-refractivity contribution in [2.75, 3.05) is 7.11 Å². The molecule has 7 nitrogen and oxygen atoms in total. The van der Waals surface area contributed by atoms with Crippen molar-refractivity contribution in [3.05, 3.63) is 120 Å².